The maximum Gasteiger partial charge on any atom is 0.325 e. The standard InChI is InChI=1S/C8H8N4O3/c1-11-4-9-5-2-10-12(3-6(13)14)8(15)7(5)11/h2,4H,3H2,1H3,(H,13,14). The quantitative estimate of drug-likeness (QED) is 0.698. The van der Waals surface area contributed by atoms with Crippen LogP contribution in [0.2, 0.25) is 0 Å². The van der Waals surface area contributed by atoms with Crippen molar-refractivity contribution in [1.82, 2.24) is 19.3 Å². The summed E-state index contributed by atoms with van der Waals surface area (Å²) in [6.45, 7) is -0.444. The Bertz CT molecular complexity index is 583. The zero-order chi connectivity index (χ0) is 11.0. The summed E-state index contributed by atoms with van der Waals surface area (Å²) in [5.74, 6) is -1.11. The van der Waals surface area contributed by atoms with E-state index in [9.17, 15) is 9.59 Å². The molecule has 1 N–H and O–H groups in total. The lowest BCUT2D eigenvalue weighted by Gasteiger charge is -2.00. The van der Waals surface area contributed by atoms with Crippen LogP contribution < -0.4 is 5.56 Å². The summed E-state index contributed by atoms with van der Waals surface area (Å²) in [6.07, 6.45) is 2.86. The van der Waals surface area contributed by atoms with Gasteiger partial charge in [-0.25, -0.2) is 9.67 Å². The van der Waals surface area contributed by atoms with Gasteiger partial charge in [0.2, 0.25) is 0 Å². The summed E-state index contributed by atoms with van der Waals surface area (Å²) >= 11 is 0. The number of carboxylic acids is 1. The first kappa shape index (κ1) is 9.38. The number of rotatable bonds is 2. The van der Waals surface area contributed by atoms with Gasteiger partial charge in [0.05, 0.1) is 12.5 Å². The van der Waals surface area contributed by atoms with Crippen LogP contribution in [0.1, 0.15) is 0 Å². The normalized spacial score (nSPS) is 10.7. The number of carboxylic acid groups (broad SMARTS) is 1. The summed E-state index contributed by atoms with van der Waals surface area (Å²) in [4.78, 5) is 26.1. The Morgan fingerprint density at radius 3 is 3.00 bits per heavy atom. The van der Waals surface area contributed by atoms with Crippen LogP contribution in [0.25, 0.3) is 11.0 Å². The van der Waals surface area contributed by atoms with Crippen LogP contribution in [0.4, 0.5) is 0 Å². The van der Waals surface area contributed by atoms with Gasteiger partial charge in [0.15, 0.2) is 0 Å². The van der Waals surface area contributed by atoms with Crippen molar-refractivity contribution in [1.29, 1.82) is 0 Å². The number of aromatic nitrogens is 4. The highest BCUT2D eigenvalue weighted by Crippen LogP contribution is 2.03. The van der Waals surface area contributed by atoms with Gasteiger partial charge in [-0.1, -0.05) is 0 Å². The van der Waals surface area contributed by atoms with Crippen LogP contribution in [-0.2, 0) is 18.4 Å². The third-order valence-corrected chi connectivity index (χ3v) is 2.01. The zero-order valence-corrected chi connectivity index (χ0v) is 7.91. The Morgan fingerprint density at radius 2 is 2.33 bits per heavy atom. The van der Waals surface area contributed by atoms with Gasteiger partial charge >= 0.3 is 5.97 Å². The Hall–Kier alpha value is -2.18. The van der Waals surface area contributed by atoms with Gasteiger partial charge in [-0.3, -0.25) is 9.59 Å². The smallest absolute Gasteiger partial charge is 0.325 e. The maximum absolute atomic E-state index is 11.7. The molecule has 0 aromatic carbocycles. The molecule has 0 spiro atoms. The SMILES string of the molecule is Cn1cnc2cnn(CC(=O)O)c(=O)c21. The van der Waals surface area contributed by atoms with Crippen LogP contribution in [0.5, 0.6) is 0 Å². The molecule has 0 fully saturated rings. The molecule has 0 saturated carbocycles. The van der Waals surface area contributed by atoms with Crippen molar-refractivity contribution in [3.63, 3.8) is 0 Å². The molecule has 0 bridgehead atoms. The van der Waals surface area contributed by atoms with Crippen LogP contribution in [0.3, 0.4) is 0 Å². The maximum atomic E-state index is 11.7. The van der Waals surface area contributed by atoms with E-state index < -0.39 is 18.1 Å². The first-order chi connectivity index (χ1) is 7.09. The predicted octanol–water partition coefficient (Wildman–Crippen LogP) is -0.785. The Morgan fingerprint density at radius 1 is 1.60 bits per heavy atom. The molecule has 2 heterocycles. The molecule has 0 atom stereocenters. The van der Waals surface area contributed by atoms with E-state index in [4.69, 9.17) is 5.11 Å². The highest BCUT2D eigenvalue weighted by Gasteiger charge is 2.10. The third-order valence-electron chi connectivity index (χ3n) is 2.01. The van der Waals surface area contributed by atoms with E-state index in [1.807, 2.05) is 0 Å². The molecule has 0 aliphatic heterocycles. The minimum Gasteiger partial charge on any atom is -0.480 e. The van der Waals surface area contributed by atoms with Crippen molar-refractivity contribution in [3.8, 4) is 0 Å². The predicted molar refractivity (Wildman–Crippen MR) is 50.4 cm³/mol. The highest BCUT2D eigenvalue weighted by molar-refractivity contribution is 5.73. The fourth-order valence-electron chi connectivity index (χ4n) is 1.34. The van der Waals surface area contributed by atoms with Crippen LogP contribution in [0, 0.1) is 0 Å². The lowest BCUT2D eigenvalue weighted by atomic mass is 10.4. The van der Waals surface area contributed by atoms with E-state index in [-0.39, 0.29) is 0 Å². The second-order valence-electron chi connectivity index (χ2n) is 3.09. The minimum atomic E-state index is -1.11. The van der Waals surface area contributed by atoms with Crippen molar-refractivity contribution in [2.75, 3.05) is 0 Å². The van der Waals surface area contributed by atoms with Crippen LogP contribution >= 0.6 is 0 Å². The molecule has 2 aromatic rings. The largest absolute Gasteiger partial charge is 0.480 e. The van der Waals surface area contributed by atoms with Gasteiger partial charge in [-0.05, 0) is 0 Å². The van der Waals surface area contributed by atoms with Crippen LogP contribution in [-0.4, -0.2) is 30.4 Å². The summed E-state index contributed by atoms with van der Waals surface area (Å²) in [5.41, 5.74) is 0.366. The van der Waals surface area contributed by atoms with Crippen molar-refractivity contribution in [3.05, 3.63) is 22.9 Å². The molecule has 0 saturated heterocycles. The third kappa shape index (κ3) is 1.47. The molecule has 15 heavy (non-hydrogen) atoms. The lowest BCUT2D eigenvalue weighted by molar-refractivity contribution is -0.137. The molecule has 0 radical (unpaired) electrons. The van der Waals surface area contributed by atoms with Crippen molar-refractivity contribution >= 4 is 17.0 Å². The molecule has 0 amide bonds. The van der Waals surface area contributed by atoms with Crippen LogP contribution in [0.15, 0.2) is 17.3 Å². The minimum absolute atomic E-state index is 0.353. The van der Waals surface area contributed by atoms with E-state index in [1.165, 1.54) is 17.1 Å². The summed E-state index contributed by atoms with van der Waals surface area (Å²) in [5, 5.41) is 12.3. The molecular weight excluding hydrogens is 200 g/mol. The lowest BCUT2D eigenvalue weighted by Crippen LogP contribution is -2.27. The Kier molecular flexibility index (Phi) is 2.00. The fourth-order valence-corrected chi connectivity index (χ4v) is 1.34. The molecule has 0 unspecified atom stereocenters. The highest BCUT2D eigenvalue weighted by atomic mass is 16.4. The van der Waals surface area contributed by atoms with E-state index in [2.05, 4.69) is 10.1 Å². The van der Waals surface area contributed by atoms with Gasteiger partial charge in [0, 0.05) is 7.05 Å². The van der Waals surface area contributed by atoms with Gasteiger partial charge in [0.1, 0.15) is 17.6 Å². The van der Waals surface area contributed by atoms with Gasteiger partial charge < -0.3 is 9.67 Å². The molecule has 7 heteroatoms. The number of nitrogens with zero attached hydrogens (tertiary/aromatic N) is 4. The number of imidazole rings is 1. The van der Waals surface area contributed by atoms with E-state index in [0.717, 1.165) is 4.68 Å². The topological polar surface area (TPSA) is 90.0 Å². The average Bonchev–Trinajstić information content (AvgIpc) is 2.53. The van der Waals surface area contributed by atoms with E-state index in [0.29, 0.717) is 11.0 Å². The number of fused-ring (bicyclic) bond motifs is 1. The number of hydrogen-bond donors (Lipinski definition) is 1. The summed E-state index contributed by atoms with van der Waals surface area (Å²) in [6, 6.07) is 0. The molecular formula is C8H8N4O3. The van der Waals surface area contributed by atoms with Gasteiger partial charge in [0.25, 0.3) is 5.56 Å². The average molecular weight is 208 g/mol. The fraction of sp³-hybridized carbons (Fsp3) is 0.250. The monoisotopic (exact) mass is 208 g/mol. The van der Waals surface area contributed by atoms with Crippen molar-refractivity contribution in [2.24, 2.45) is 7.05 Å². The number of hydrogen-bond acceptors (Lipinski definition) is 4. The summed E-state index contributed by atoms with van der Waals surface area (Å²) < 4.78 is 2.43. The number of carbonyl (C=O) groups is 1. The van der Waals surface area contributed by atoms with Crippen molar-refractivity contribution in [2.45, 2.75) is 6.54 Å². The molecule has 2 aromatic heterocycles. The molecule has 0 aliphatic rings. The molecule has 78 valence electrons. The number of aliphatic carboxylic acids is 1. The number of aryl methyl sites for hydroxylation is 1. The first-order valence-corrected chi connectivity index (χ1v) is 4.18. The Labute approximate surface area is 83.6 Å². The summed E-state index contributed by atoms with van der Waals surface area (Å²) in [7, 11) is 1.67. The first-order valence-electron chi connectivity index (χ1n) is 4.18. The Balaban J connectivity index is 2.69. The molecule has 0 aliphatic carbocycles. The van der Waals surface area contributed by atoms with Crippen molar-refractivity contribution < 1.29 is 9.90 Å². The zero-order valence-electron chi connectivity index (χ0n) is 7.91. The molecule has 7 nitrogen and oxygen atoms in total. The second-order valence-corrected chi connectivity index (χ2v) is 3.09. The van der Waals surface area contributed by atoms with E-state index in [1.54, 1.807) is 7.05 Å². The second kappa shape index (κ2) is 3.19. The van der Waals surface area contributed by atoms with E-state index >= 15 is 0 Å². The van der Waals surface area contributed by atoms with Gasteiger partial charge in [-0.15, -0.1) is 0 Å². The van der Waals surface area contributed by atoms with Gasteiger partial charge in [-0.2, -0.15) is 5.10 Å². The molecule has 2 rings (SSSR count).